The van der Waals surface area contributed by atoms with E-state index in [1.54, 1.807) is 0 Å². The first-order valence-electron chi connectivity index (χ1n) is 6.89. The number of nitrogens with one attached hydrogen (secondary N) is 1. The maximum atomic E-state index is 4.42. The summed E-state index contributed by atoms with van der Waals surface area (Å²) in [5, 5.41) is 4.91. The van der Waals surface area contributed by atoms with Gasteiger partial charge in [0.05, 0.1) is 5.52 Å². The molecule has 1 unspecified atom stereocenters. The molecule has 1 aliphatic rings. The summed E-state index contributed by atoms with van der Waals surface area (Å²) < 4.78 is 0. The van der Waals surface area contributed by atoms with E-state index in [2.05, 4.69) is 41.5 Å². The van der Waals surface area contributed by atoms with Crippen LogP contribution in [0.15, 0.2) is 36.5 Å². The Hall–Kier alpha value is -1.41. The lowest BCUT2D eigenvalue weighted by Gasteiger charge is -2.13. The van der Waals surface area contributed by atoms with Crippen molar-refractivity contribution in [2.24, 2.45) is 5.92 Å². The molecule has 0 amide bonds. The predicted molar refractivity (Wildman–Crippen MR) is 75.6 cm³/mol. The molecule has 1 aromatic carbocycles. The third-order valence-corrected chi connectivity index (χ3v) is 3.64. The molecule has 94 valence electrons. The molecular formula is C16H20N2. The van der Waals surface area contributed by atoms with Crippen molar-refractivity contribution in [1.82, 2.24) is 10.3 Å². The second kappa shape index (κ2) is 5.07. The summed E-state index contributed by atoms with van der Waals surface area (Å²) >= 11 is 0. The highest BCUT2D eigenvalue weighted by Crippen LogP contribution is 2.21. The molecule has 1 N–H and O–H groups in total. The minimum atomic E-state index is 0.677. The molecule has 1 aliphatic carbocycles. The van der Waals surface area contributed by atoms with E-state index in [1.807, 2.05) is 12.3 Å². The van der Waals surface area contributed by atoms with E-state index in [-0.39, 0.29) is 0 Å². The van der Waals surface area contributed by atoms with Crippen LogP contribution >= 0.6 is 0 Å². The average Bonchev–Trinajstić information content (AvgIpc) is 3.21. The number of fused-ring (bicyclic) bond motifs is 1. The van der Waals surface area contributed by atoms with Gasteiger partial charge in [0.1, 0.15) is 0 Å². The highest BCUT2D eigenvalue weighted by Gasteiger charge is 2.20. The van der Waals surface area contributed by atoms with Gasteiger partial charge < -0.3 is 5.32 Å². The molecule has 0 saturated heterocycles. The van der Waals surface area contributed by atoms with Crippen molar-refractivity contribution >= 4 is 10.9 Å². The standard InChI is InChI=1S/C16H20N2/c1-12(11-18-14-7-8-14)10-13-4-2-6-16-15(13)5-3-9-17-16/h2-6,9,12,14,18H,7-8,10-11H2,1H3. The van der Waals surface area contributed by atoms with Crippen LogP contribution in [0.5, 0.6) is 0 Å². The Morgan fingerprint density at radius 2 is 2.17 bits per heavy atom. The van der Waals surface area contributed by atoms with Gasteiger partial charge in [-0.1, -0.05) is 25.1 Å². The highest BCUT2D eigenvalue weighted by molar-refractivity contribution is 5.81. The van der Waals surface area contributed by atoms with Gasteiger partial charge in [-0.25, -0.2) is 0 Å². The van der Waals surface area contributed by atoms with Crippen LogP contribution in [0.4, 0.5) is 0 Å². The van der Waals surface area contributed by atoms with E-state index < -0.39 is 0 Å². The largest absolute Gasteiger partial charge is 0.314 e. The maximum absolute atomic E-state index is 4.42. The van der Waals surface area contributed by atoms with Gasteiger partial charge in [0.2, 0.25) is 0 Å². The Morgan fingerprint density at radius 3 is 3.00 bits per heavy atom. The topological polar surface area (TPSA) is 24.9 Å². The molecule has 0 bridgehead atoms. The van der Waals surface area contributed by atoms with Crippen LogP contribution in [0.1, 0.15) is 25.3 Å². The molecule has 1 fully saturated rings. The lowest BCUT2D eigenvalue weighted by molar-refractivity contribution is 0.510. The van der Waals surface area contributed by atoms with Gasteiger partial charge in [-0.15, -0.1) is 0 Å². The van der Waals surface area contributed by atoms with Crippen molar-refractivity contribution in [2.45, 2.75) is 32.2 Å². The SMILES string of the molecule is CC(CNC1CC1)Cc1cccc2ncccc12. The van der Waals surface area contributed by atoms with Crippen molar-refractivity contribution < 1.29 is 0 Å². The van der Waals surface area contributed by atoms with E-state index in [1.165, 1.54) is 23.8 Å². The lowest BCUT2D eigenvalue weighted by atomic mass is 9.97. The summed E-state index contributed by atoms with van der Waals surface area (Å²) in [4.78, 5) is 4.42. The monoisotopic (exact) mass is 240 g/mol. The molecule has 1 atom stereocenters. The number of pyridine rings is 1. The Kier molecular flexibility index (Phi) is 3.28. The Labute approximate surface area is 108 Å². The fraction of sp³-hybridized carbons (Fsp3) is 0.438. The van der Waals surface area contributed by atoms with Crippen molar-refractivity contribution in [3.63, 3.8) is 0 Å². The Morgan fingerprint density at radius 1 is 1.28 bits per heavy atom. The fourth-order valence-electron chi connectivity index (χ4n) is 2.45. The molecule has 2 nitrogen and oxygen atoms in total. The molecule has 0 aliphatic heterocycles. The number of nitrogens with zero attached hydrogens (tertiary/aromatic N) is 1. The van der Waals surface area contributed by atoms with Crippen molar-refractivity contribution in [2.75, 3.05) is 6.54 Å². The molecule has 18 heavy (non-hydrogen) atoms. The van der Waals surface area contributed by atoms with E-state index in [0.29, 0.717) is 5.92 Å². The van der Waals surface area contributed by atoms with E-state index in [9.17, 15) is 0 Å². The van der Waals surface area contributed by atoms with E-state index in [4.69, 9.17) is 0 Å². The summed E-state index contributed by atoms with van der Waals surface area (Å²) in [6.45, 7) is 3.45. The maximum Gasteiger partial charge on any atom is 0.0704 e. The Bertz CT molecular complexity index is 526. The minimum absolute atomic E-state index is 0.677. The van der Waals surface area contributed by atoms with Crippen LogP contribution in [0.3, 0.4) is 0 Å². The van der Waals surface area contributed by atoms with Gasteiger partial charge in [-0.2, -0.15) is 0 Å². The zero-order chi connectivity index (χ0) is 12.4. The molecule has 2 aromatic rings. The molecule has 1 heterocycles. The van der Waals surface area contributed by atoms with E-state index >= 15 is 0 Å². The van der Waals surface area contributed by atoms with Crippen LogP contribution in [-0.4, -0.2) is 17.6 Å². The zero-order valence-corrected chi connectivity index (χ0v) is 10.9. The molecule has 1 saturated carbocycles. The van der Waals surface area contributed by atoms with Gasteiger partial charge in [-0.3, -0.25) is 4.98 Å². The number of hydrogen-bond donors (Lipinski definition) is 1. The third-order valence-electron chi connectivity index (χ3n) is 3.64. The lowest BCUT2D eigenvalue weighted by Crippen LogP contribution is -2.24. The summed E-state index contributed by atoms with van der Waals surface area (Å²) in [5.41, 5.74) is 2.53. The first-order chi connectivity index (χ1) is 8.83. The highest BCUT2D eigenvalue weighted by atomic mass is 14.9. The third kappa shape index (κ3) is 2.70. The normalized spacial score (nSPS) is 16.9. The van der Waals surface area contributed by atoms with Crippen molar-refractivity contribution in [3.05, 3.63) is 42.1 Å². The van der Waals surface area contributed by atoms with Crippen LogP contribution in [0.2, 0.25) is 0 Å². The number of aromatic nitrogens is 1. The molecular weight excluding hydrogens is 220 g/mol. The van der Waals surface area contributed by atoms with Crippen molar-refractivity contribution in [1.29, 1.82) is 0 Å². The summed E-state index contributed by atoms with van der Waals surface area (Å²) in [5.74, 6) is 0.677. The number of hydrogen-bond acceptors (Lipinski definition) is 2. The van der Waals surface area contributed by atoms with E-state index in [0.717, 1.165) is 24.5 Å². The van der Waals surface area contributed by atoms with Crippen LogP contribution < -0.4 is 5.32 Å². The molecule has 3 rings (SSSR count). The average molecular weight is 240 g/mol. The van der Waals surface area contributed by atoms with Crippen LogP contribution in [0.25, 0.3) is 10.9 Å². The van der Waals surface area contributed by atoms with Gasteiger partial charge in [-0.05, 0) is 49.4 Å². The second-order valence-electron chi connectivity index (χ2n) is 5.48. The second-order valence-corrected chi connectivity index (χ2v) is 5.48. The van der Waals surface area contributed by atoms with Gasteiger partial charge in [0.15, 0.2) is 0 Å². The van der Waals surface area contributed by atoms with Crippen molar-refractivity contribution in [3.8, 4) is 0 Å². The quantitative estimate of drug-likeness (QED) is 0.868. The van der Waals surface area contributed by atoms with Gasteiger partial charge >= 0.3 is 0 Å². The van der Waals surface area contributed by atoms with Crippen LogP contribution in [0, 0.1) is 5.92 Å². The summed E-state index contributed by atoms with van der Waals surface area (Å²) in [6.07, 6.45) is 5.72. The number of benzene rings is 1. The molecule has 1 aromatic heterocycles. The minimum Gasteiger partial charge on any atom is -0.314 e. The van der Waals surface area contributed by atoms with Crippen LogP contribution in [-0.2, 0) is 6.42 Å². The molecule has 2 heteroatoms. The fourth-order valence-corrected chi connectivity index (χ4v) is 2.45. The van der Waals surface area contributed by atoms with Gasteiger partial charge in [0, 0.05) is 17.6 Å². The molecule has 0 spiro atoms. The van der Waals surface area contributed by atoms with Gasteiger partial charge in [0.25, 0.3) is 0 Å². The first-order valence-corrected chi connectivity index (χ1v) is 6.89. The summed E-state index contributed by atoms with van der Waals surface area (Å²) in [6, 6.07) is 11.5. The summed E-state index contributed by atoms with van der Waals surface area (Å²) in [7, 11) is 0. The first kappa shape index (κ1) is 11.7. The molecule has 0 radical (unpaired) electrons. The Balaban J connectivity index is 1.72. The predicted octanol–water partition coefficient (Wildman–Crippen LogP) is 3.17. The smallest absolute Gasteiger partial charge is 0.0704 e. The number of rotatable bonds is 5. The zero-order valence-electron chi connectivity index (χ0n) is 10.9.